The van der Waals surface area contributed by atoms with E-state index in [1.165, 1.54) is 11.1 Å². The van der Waals surface area contributed by atoms with Crippen LogP contribution in [-0.2, 0) is 13.2 Å². The lowest BCUT2D eigenvalue weighted by Crippen LogP contribution is -2.22. The second-order valence-corrected chi connectivity index (χ2v) is 4.88. The molecular weight excluding hydrogens is 246 g/mol. The smallest absolute Gasteiger partial charge is 0.119 e. The largest absolute Gasteiger partial charge is 0.489 e. The normalized spacial score (nSPS) is 10.8. The summed E-state index contributed by atoms with van der Waals surface area (Å²) < 4.78 is 5.79. The first-order valence-electron chi connectivity index (χ1n) is 7.29. The SMILES string of the molecule is CCN(CC)Cc1cccc(COc2ccccc2)c1. The van der Waals surface area contributed by atoms with Crippen molar-refractivity contribution in [3.8, 4) is 5.75 Å². The predicted octanol–water partition coefficient (Wildman–Crippen LogP) is 4.11. The van der Waals surface area contributed by atoms with Gasteiger partial charge in [0.1, 0.15) is 12.4 Å². The number of ether oxygens (including phenoxy) is 1. The van der Waals surface area contributed by atoms with Crippen LogP contribution in [0.2, 0.25) is 0 Å². The van der Waals surface area contributed by atoms with Gasteiger partial charge in [0.2, 0.25) is 0 Å². The molecule has 0 atom stereocenters. The van der Waals surface area contributed by atoms with Crippen LogP contribution >= 0.6 is 0 Å². The van der Waals surface area contributed by atoms with E-state index in [9.17, 15) is 0 Å². The van der Waals surface area contributed by atoms with E-state index in [1.54, 1.807) is 0 Å². The number of hydrogen-bond acceptors (Lipinski definition) is 2. The molecule has 0 radical (unpaired) electrons. The van der Waals surface area contributed by atoms with Gasteiger partial charge in [-0.25, -0.2) is 0 Å². The highest BCUT2D eigenvalue weighted by Gasteiger charge is 2.02. The second-order valence-electron chi connectivity index (χ2n) is 4.88. The molecule has 2 aromatic rings. The van der Waals surface area contributed by atoms with Gasteiger partial charge in [0.05, 0.1) is 0 Å². The minimum Gasteiger partial charge on any atom is -0.489 e. The lowest BCUT2D eigenvalue weighted by atomic mass is 10.1. The third-order valence-electron chi connectivity index (χ3n) is 3.44. The van der Waals surface area contributed by atoms with E-state index in [2.05, 4.69) is 43.0 Å². The number of hydrogen-bond donors (Lipinski definition) is 0. The van der Waals surface area contributed by atoms with Gasteiger partial charge in [-0.1, -0.05) is 56.3 Å². The Labute approximate surface area is 122 Å². The monoisotopic (exact) mass is 269 g/mol. The van der Waals surface area contributed by atoms with Crippen molar-refractivity contribution in [1.82, 2.24) is 4.90 Å². The van der Waals surface area contributed by atoms with E-state index < -0.39 is 0 Å². The molecule has 0 spiro atoms. The first-order chi connectivity index (χ1) is 9.81. The molecule has 2 rings (SSSR count). The molecule has 106 valence electrons. The fourth-order valence-electron chi connectivity index (χ4n) is 2.21. The topological polar surface area (TPSA) is 12.5 Å². The zero-order chi connectivity index (χ0) is 14.2. The van der Waals surface area contributed by atoms with Crippen molar-refractivity contribution in [3.63, 3.8) is 0 Å². The molecule has 0 saturated carbocycles. The summed E-state index contributed by atoms with van der Waals surface area (Å²) in [7, 11) is 0. The quantitative estimate of drug-likeness (QED) is 0.750. The first kappa shape index (κ1) is 14.6. The fraction of sp³-hybridized carbons (Fsp3) is 0.333. The highest BCUT2D eigenvalue weighted by atomic mass is 16.5. The zero-order valence-corrected chi connectivity index (χ0v) is 12.4. The maximum Gasteiger partial charge on any atom is 0.119 e. The summed E-state index contributed by atoms with van der Waals surface area (Å²) in [5, 5.41) is 0. The molecule has 0 saturated heterocycles. The maximum absolute atomic E-state index is 5.79. The van der Waals surface area contributed by atoms with Gasteiger partial charge < -0.3 is 4.74 Å². The van der Waals surface area contributed by atoms with Gasteiger partial charge in [-0.05, 0) is 36.3 Å². The number of rotatable bonds is 7. The average molecular weight is 269 g/mol. The van der Waals surface area contributed by atoms with Crippen LogP contribution in [0, 0.1) is 0 Å². The molecule has 2 aromatic carbocycles. The molecule has 0 fully saturated rings. The molecule has 0 aliphatic rings. The summed E-state index contributed by atoms with van der Waals surface area (Å²) in [5.41, 5.74) is 2.57. The number of benzene rings is 2. The Morgan fingerprint density at radius 3 is 2.25 bits per heavy atom. The van der Waals surface area contributed by atoms with Gasteiger partial charge in [0, 0.05) is 6.54 Å². The molecule has 0 aromatic heterocycles. The van der Waals surface area contributed by atoms with Crippen molar-refractivity contribution in [1.29, 1.82) is 0 Å². The number of para-hydroxylation sites is 1. The minimum atomic E-state index is 0.621. The minimum absolute atomic E-state index is 0.621. The van der Waals surface area contributed by atoms with Crippen molar-refractivity contribution in [2.45, 2.75) is 27.0 Å². The van der Waals surface area contributed by atoms with E-state index in [0.717, 1.165) is 25.4 Å². The molecular formula is C18H23NO. The van der Waals surface area contributed by atoms with Crippen LogP contribution in [0.15, 0.2) is 54.6 Å². The van der Waals surface area contributed by atoms with Gasteiger partial charge in [-0.3, -0.25) is 4.90 Å². The molecule has 0 unspecified atom stereocenters. The maximum atomic E-state index is 5.79. The van der Waals surface area contributed by atoms with E-state index >= 15 is 0 Å². The van der Waals surface area contributed by atoms with Crippen molar-refractivity contribution in [2.24, 2.45) is 0 Å². The van der Waals surface area contributed by atoms with E-state index in [0.29, 0.717) is 6.61 Å². The van der Waals surface area contributed by atoms with Gasteiger partial charge >= 0.3 is 0 Å². The highest BCUT2D eigenvalue weighted by Crippen LogP contribution is 2.13. The molecule has 2 heteroatoms. The van der Waals surface area contributed by atoms with Crippen molar-refractivity contribution < 1.29 is 4.74 Å². The third-order valence-corrected chi connectivity index (χ3v) is 3.44. The van der Waals surface area contributed by atoms with Crippen LogP contribution in [0.1, 0.15) is 25.0 Å². The van der Waals surface area contributed by atoms with Crippen LogP contribution in [0.3, 0.4) is 0 Å². The van der Waals surface area contributed by atoms with Gasteiger partial charge in [0.15, 0.2) is 0 Å². The van der Waals surface area contributed by atoms with Crippen LogP contribution in [0.5, 0.6) is 5.75 Å². The Kier molecular flexibility index (Phi) is 5.63. The summed E-state index contributed by atoms with van der Waals surface area (Å²) in [4.78, 5) is 2.41. The zero-order valence-electron chi connectivity index (χ0n) is 12.4. The predicted molar refractivity (Wildman–Crippen MR) is 83.8 cm³/mol. The standard InChI is InChI=1S/C18H23NO/c1-3-19(4-2)14-16-9-8-10-17(13-16)15-20-18-11-6-5-7-12-18/h5-13H,3-4,14-15H2,1-2H3. The molecule has 0 N–H and O–H groups in total. The van der Waals surface area contributed by atoms with Gasteiger partial charge in [-0.2, -0.15) is 0 Å². The van der Waals surface area contributed by atoms with Gasteiger partial charge in [0.25, 0.3) is 0 Å². The lowest BCUT2D eigenvalue weighted by Gasteiger charge is -2.18. The van der Waals surface area contributed by atoms with Crippen molar-refractivity contribution in [3.05, 3.63) is 65.7 Å². The Balaban J connectivity index is 1.95. The van der Waals surface area contributed by atoms with E-state index in [4.69, 9.17) is 4.74 Å². The van der Waals surface area contributed by atoms with Gasteiger partial charge in [-0.15, -0.1) is 0 Å². The second kappa shape index (κ2) is 7.71. The fourth-order valence-corrected chi connectivity index (χ4v) is 2.21. The highest BCUT2D eigenvalue weighted by molar-refractivity contribution is 5.25. The molecule has 0 aliphatic heterocycles. The molecule has 0 amide bonds. The Morgan fingerprint density at radius 2 is 1.55 bits per heavy atom. The van der Waals surface area contributed by atoms with Crippen LogP contribution in [0.4, 0.5) is 0 Å². The first-order valence-corrected chi connectivity index (χ1v) is 7.29. The van der Waals surface area contributed by atoms with E-state index in [-0.39, 0.29) is 0 Å². The Bertz CT molecular complexity index is 506. The van der Waals surface area contributed by atoms with Crippen LogP contribution in [0.25, 0.3) is 0 Å². The molecule has 0 aliphatic carbocycles. The van der Waals surface area contributed by atoms with Crippen LogP contribution in [-0.4, -0.2) is 18.0 Å². The summed E-state index contributed by atoms with van der Waals surface area (Å²) >= 11 is 0. The number of nitrogens with zero attached hydrogens (tertiary/aromatic N) is 1. The molecule has 2 nitrogen and oxygen atoms in total. The van der Waals surface area contributed by atoms with Crippen molar-refractivity contribution >= 4 is 0 Å². The Morgan fingerprint density at radius 1 is 0.850 bits per heavy atom. The third kappa shape index (κ3) is 4.39. The molecule has 0 heterocycles. The summed E-state index contributed by atoms with van der Waals surface area (Å²) in [5.74, 6) is 0.918. The Hall–Kier alpha value is -1.80. The van der Waals surface area contributed by atoms with Crippen LogP contribution < -0.4 is 4.74 Å². The van der Waals surface area contributed by atoms with Crippen molar-refractivity contribution in [2.75, 3.05) is 13.1 Å². The summed E-state index contributed by atoms with van der Waals surface area (Å²) in [6, 6.07) is 18.6. The molecule has 20 heavy (non-hydrogen) atoms. The lowest BCUT2D eigenvalue weighted by molar-refractivity contribution is 0.293. The molecule has 0 bridgehead atoms. The van der Waals surface area contributed by atoms with E-state index in [1.807, 2.05) is 30.3 Å². The summed E-state index contributed by atoms with van der Waals surface area (Å²) in [6.45, 7) is 8.20. The average Bonchev–Trinajstić information content (AvgIpc) is 2.52. The summed E-state index contributed by atoms with van der Waals surface area (Å²) in [6.07, 6.45) is 0.